The Morgan fingerprint density at radius 3 is 2.46 bits per heavy atom. The lowest BCUT2D eigenvalue weighted by Gasteiger charge is -2.29. The van der Waals surface area contributed by atoms with Crippen molar-refractivity contribution in [1.29, 1.82) is 0 Å². The first-order valence-electron chi connectivity index (χ1n) is 5.45. The first-order chi connectivity index (χ1) is 6.14. The third-order valence-electron chi connectivity index (χ3n) is 3.05. The van der Waals surface area contributed by atoms with Gasteiger partial charge >= 0.3 is 0 Å². The first-order valence-corrected chi connectivity index (χ1v) is 6.60. The first kappa shape index (κ1) is 11.4. The fourth-order valence-corrected chi connectivity index (χ4v) is 2.55. The summed E-state index contributed by atoms with van der Waals surface area (Å²) in [5, 5.41) is 3.70. The van der Waals surface area contributed by atoms with Crippen LogP contribution in [0, 0.1) is 5.41 Å². The van der Waals surface area contributed by atoms with Crippen molar-refractivity contribution in [3.8, 4) is 0 Å². The van der Waals surface area contributed by atoms with Crippen molar-refractivity contribution >= 4 is 11.8 Å². The van der Waals surface area contributed by atoms with E-state index in [0.29, 0.717) is 5.41 Å². The zero-order valence-electron chi connectivity index (χ0n) is 9.23. The Bertz CT molecular complexity index is 139. The molecule has 0 atom stereocenters. The highest BCUT2D eigenvalue weighted by Gasteiger charge is 2.18. The summed E-state index contributed by atoms with van der Waals surface area (Å²) in [6, 6.07) is 0.798. The lowest BCUT2D eigenvalue weighted by Crippen LogP contribution is -2.38. The number of hydrogen-bond acceptors (Lipinski definition) is 2. The Hall–Kier alpha value is 0.310. The molecule has 1 heterocycles. The van der Waals surface area contributed by atoms with Gasteiger partial charge in [-0.05, 0) is 36.2 Å². The maximum absolute atomic E-state index is 3.70. The molecule has 13 heavy (non-hydrogen) atoms. The normalized spacial score (nSPS) is 20.5. The second-order valence-corrected chi connectivity index (χ2v) is 6.01. The monoisotopic (exact) mass is 201 g/mol. The molecule has 0 aromatic heterocycles. The minimum Gasteiger partial charge on any atom is -0.313 e. The van der Waals surface area contributed by atoms with Crippen molar-refractivity contribution in [2.75, 3.05) is 18.1 Å². The van der Waals surface area contributed by atoms with Crippen molar-refractivity contribution in [2.45, 2.75) is 46.1 Å². The molecule has 0 saturated carbocycles. The Kier molecular flexibility index (Phi) is 4.60. The predicted octanol–water partition coefficient (Wildman–Crippen LogP) is 2.91. The minimum atomic E-state index is 0.477. The molecule has 1 nitrogen and oxygen atoms in total. The molecule has 0 radical (unpaired) electrons. The van der Waals surface area contributed by atoms with Gasteiger partial charge in [0, 0.05) is 12.6 Å². The van der Waals surface area contributed by atoms with Crippen LogP contribution >= 0.6 is 11.8 Å². The second-order valence-electron chi connectivity index (χ2n) is 4.79. The molecule has 0 aliphatic carbocycles. The molecule has 1 aliphatic heterocycles. The van der Waals surface area contributed by atoms with Crippen LogP contribution in [0.15, 0.2) is 0 Å². The summed E-state index contributed by atoms with van der Waals surface area (Å²) < 4.78 is 0. The van der Waals surface area contributed by atoms with Crippen LogP contribution in [0.25, 0.3) is 0 Å². The van der Waals surface area contributed by atoms with Gasteiger partial charge in [-0.1, -0.05) is 20.8 Å². The van der Waals surface area contributed by atoms with Crippen LogP contribution < -0.4 is 5.32 Å². The van der Waals surface area contributed by atoms with E-state index in [1.54, 1.807) is 0 Å². The summed E-state index contributed by atoms with van der Waals surface area (Å²) in [4.78, 5) is 0. The van der Waals surface area contributed by atoms with Gasteiger partial charge in [0.15, 0.2) is 0 Å². The van der Waals surface area contributed by atoms with E-state index in [9.17, 15) is 0 Å². The zero-order valence-corrected chi connectivity index (χ0v) is 10.0. The molecule has 0 bridgehead atoms. The van der Waals surface area contributed by atoms with Crippen LogP contribution in [0.4, 0.5) is 0 Å². The molecule has 0 aromatic carbocycles. The quantitative estimate of drug-likeness (QED) is 0.750. The third kappa shape index (κ3) is 4.37. The smallest absolute Gasteiger partial charge is 0.00830 e. The van der Waals surface area contributed by atoms with Crippen LogP contribution in [-0.4, -0.2) is 24.1 Å². The molecule has 1 aliphatic rings. The highest BCUT2D eigenvalue weighted by atomic mass is 32.2. The topological polar surface area (TPSA) is 12.0 Å². The van der Waals surface area contributed by atoms with Gasteiger partial charge in [0.05, 0.1) is 0 Å². The Morgan fingerprint density at radius 1 is 1.31 bits per heavy atom. The predicted molar refractivity (Wildman–Crippen MR) is 62.4 cm³/mol. The number of nitrogens with one attached hydrogen (secondary N) is 1. The van der Waals surface area contributed by atoms with Crippen LogP contribution in [0.1, 0.15) is 40.0 Å². The van der Waals surface area contributed by atoms with Gasteiger partial charge in [-0.3, -0.25) is 0 Å². The van der Waals surface area contributed by atoms with Gasteiger partial charge in [0.2, 0.25) is 0 Å². The van der Waals surface area contributed by atoms with E-state index in [1.807, 2.05) is 0 Å². The molecule has 0 aromatic rings. The molecular weight excluding hydrogens is 178 g/mol. The summed E-state index contributed by atoms with van der Waals surface area (Å²) >= 11 is 2.10. The van der Waals surface area contributed by atoms with Gasteiger partial charge < -0.3 is 5.32 Å². The summed E-state index contributed by atoms with van der Waals surface area (Å²) in [6.07, 6.45) is 4.00. The minimum absolute atomic E-state index is 0.477. The molecule has 1 N–H and O–H groups in total. The van der Waals surface area contributed by atoms with E-state index >= 15 is 0 Å². The molecule has 78 valence electrons. The number of thioether (sulfide) groups is 1. The molecule has 2 heteroatoms. The van der Waals surface area contributed by atoms with Gasteiger partial charge in [-0.15, -0.1) is 0 Å². The van der Waals surface area contributed by atoms with Crippen molar-refractivity contribution < 1.29 is 0 Å². The van der Waals surface area contributed by atoms with E-state index in [2.05, 4.69) is 37.8 Å². The lowest BCUT2D eigenvalue weighted by atomic mass is 9.90. The summed E-state index contributed by atoms with van der Waals surface area (Å²) in [7, 11) is 0. The van der Waals surface area contributed by atoms with Crippen LogP contribution in [0.2, 0.25) is 0 Å². The van der Waals surface area contributed by atoms with Gasteiger partial charge in [0.1, 0.15) is 0 Å². The van der Waals surface area contributed by atoms with E-state index < -0.39 is 0 Å². The highest BCUT2D eigenvalue weighted by molar-refractivity contribution is 7.99. The lowest BCUT2D eigenvalue weighted by molar-refractivity contribution is 0.303. The average molecular weight is 201 g/mol. The zero-order chi connectivity index (χ0) is 9.73. The fraction of sp³-hybridized carbons (Fsp3) is 1.00. The summed E-state index contributed by atoms with van der Waals surface area (Å²) in [5.74, 6) is 2.70. The maximum Gasteiger partial charge on any atom is 0.00830 e. The van der Waals surface area contributed by atoms with Crippen molar-refractivity contribution in [3.05, 3.63) is 0 Å². The number of rotatable bonds is 4. The van der Waals surface area contributed by atoms with Crippen LogP contribution in [0.5, 0.6) is 0 Å². The Morgan fingerprint density at radius 2 is 1.92 bits per heavy atom. The van der Waals surface area contributed by atoms with Crippen molar-refractivity contribution in [1.82, 2.24) is 5.32 Å². The molecule has 0 unspecified atom stereocenters. The maximum atomic E-state index is 3.70. The Balaban J connectivity index is 2.17. The van der Waals surface area contributed by atoms with Crippen molar-refractivity contribution in [2.24, 2.45) is 5.41 Å². The molecular formula is C11H23NS. The second kappa shape index (κ2) is 5.26. The number of hydrogen-bond donors (Lipinski definition) is 1. The van der Waals surface area contributed by atoms with Crippen LogP contribution in [-0.2, 0) is 0 Å². The van der Waals surface area contributed by atoms with Gasteiger partial charge in [0.25, 0.3) is 0 Å². The molecule has 0 spiro atoms. The third-order valence-corrected chi connectivity index (χ3v) is 4.10. The van der Waals surface area contributed by atoms with E-state index in [0.717, 1.165) is 6.04 Å². The van der Waals surface area contributed by atoms with E-state index in [-0.39, 0.29) is 0 Å². The van der Waals surface area contributed by atoms with Crippen molar-refractivity contribution in [3.63, 3.8) is 0 Å². The molecule has 1 rings (SSSR count). The largest absolute Gasteiger partial charge is 0.313 e. The highest BCUT2D eigenvalue weighted by Crippen LogP contribution is 2.21. The SMILES string of the molecule is CCC(C)(C)CNC1CCSCC1. The van der Waals surface area contributed by atoms with Gasteiger partial charge in [-0.2, -0.15) is 11.8 Å². The van der Waals surface area contributed by atoms with Gasteiger partial charge in [-0.25, -0.2) is 0 Å². The molecule has 1 saturated heterocycles. The summed E-state index contributed by atoms with van der Waals surface area (Å²) in [6.45, 7) is 8.15. The fourth-order valence-electron chi connectivity index (χ4n) is 1.45. The van der Waals surface area contributed by atoms with E-state index in [4.69, 9.17) is 0 Å². The van der Waals surface area contributed by atoms with E-state index in [1.165, 1.54) is 37.3 Å². The molecule has 0 amide bonds. The van der Waals surface area contributed by atoms with Crippen LogP contribution in [0.3, 0.4) is 0 Å². The average Bonchev–Trinajstić information content (AvgIpc) is 2.17. The molecule has 1 fully saturated rings. The summed E-state index contributed by atoms with van der Waals surface area (Å²) in [5.41, 5.74) is 0.477. The standard InChI is InChI=1S/C11H23NS/c1-4-11(2,3)9-12-10-5-7-13-8-6-10/h10,12H,4-9H2,1-3H3. The Labute approximate surface area is 87.1 Å².